The van der Waals surface area contributed by atoms with E-state index in [-0.39, 0.29) is 18.2 Å². The summed E-state index contributed by atoms with van der Waals surface area (Å²) in [6.45, 7) is 2.15. The minimum absolute atomic E-state index is 0.113. The van der Waals surface area contributed by atoms with Gasteiger partial charge >= 0.3 is 6.18 Å². The second-order valence-electron chi connectivity index (χ2n) is 4.37. The van der Waals surface area contributed by atoms with Gasteiger partial charge in [0.2, 0.25) is 5.91 Å². The van der Waals surface area contributed by atoms with E-state index in [1.807, 2.05) is 19.1 Å². The highest BCUT2D eigenvalue weighted by atomic mass is 32.2. The molecule has 0 bridgehead atoms. The van der Waals surface area contributed by atoms with Crippen molar-refractivity contribution < 1.29 is 22.7 Å². The zero-order valence-electron chi connectivity index (χ0n) is 11.9. The van der Waals surface area contributed by atoms with Crippen molar-refractivity contribution in [1.29, 1.82) is 0 Å². The molecule has 1 amide bonds. The summed E-state index contributed by atoms with van der Waals surface area (Å²) >= 11 is 1.29. The number of rotatable bonds is 7. The van der Waals surface area contributed by atoms with Crippen LogP contribution in [0.25, 0.3) is 0 Å². The summed E-state index contributed by atoms with van der Waals surface area (Å²) < 4.78 is 41.5. The van der Waals surface area contributed by atoms with Gasteiger partial charge < -0.3 is 9.64 Å². The van der Waals surface area contributed by atoms with Gasteiger partial charge in [-0.3, -0.25) is 4.79 Å². The van der Waals surface area contributed by atoms with Crippen molar-refractivity contribution in [2.24, 2.45) is 0 Å². The maximum absolute atomic E-state index is 12.1. The Kier molecular flexibility index (Phi) is 6.87. The summed E-state index contributed by atoms with van der Waals surface area (Å²) in [7, 11) is 1.38. The molecule has 0 atom stereocenters. The van der Waals surface area contributed by atoms with Gasteiger partial charge in [-0.2, -0.15) is 13.2 Å². The summed E-state index contributed by atoms with van der Waals surface area (Å²) in [5.41, 5.74) is 0. The molecule has 0 aliphatic heterocycles. The van der Waals surface area contributed by atoms with Gasteiger partial charge in [0.25, 0.3) is 0 Å². The molecule has 3 nitrogen and oxygen atoms in total. The molecule has 0 unspecified atom stereocenters. The van der Waals surface area contributed by atoms with Crippen LogP contribution in [0.15, 0.2) is 29.2 Å². The fourth-order valence-corrected chi connectivity index (χ4v) is 2.31. The maximum Gasteiger partial charge on any atom is 0.390 e. The smallest absolute Gasteiger partial charge is 0.390 e. The number of hydrogen-bond donors (Lipinski definition) is 0. The first-order valence-corrected chi connectivity index (χ1v) is 7.46. The Balaban J connectivity index is 2.38. The average Bonchev–Trinajstić information content (AvgIpc) is 2.43. The SMILES string of the molecule is CCOc1ccc(SCC(=O)N(C)CCC(F)(F)F)cc1. The monoisotopic (exact) mass is 321 g/mol. The second-order valence-corrected chi connectivity index (χ2v) is 5.42. The van der Waals surface area contributed by atoms with Crippen LogP contribution in [0.3, 0.4) is 0 Å². The van der Waals surface area contributed by atoms with Crippen molar-refractivity contribution in [3.8, 4) is 5.75 Å². The summed E-state index contributed by atoms with van der Waals surface area (Å²) in [5, 5.41) is 0. The van der Waals surface area contributed by atoms with Gasteiger partial charge in [-0.05, 0) is 31.2 Å². The van der Waals surface area contributed by atoms with Crippen LogP contribution >= 0.6 is 11.8 Å². The quantitative estimate of drug-likeness (QED) is 0.719. The molecule has 0 N–H and O–H groups in total. The number of halogens is 3. The van der Waals surface area contributed by atoms with E-state index in [0.29, 0.717) is 6.61 Å². The highest BCUT2D eigenvalue weighted by Crippen LogP contribution is 2.22. The Morgan fingerprint density at radius 1 is 1.29 bits per heavy atom. The predicted molar refractivity (Wildman–Crippen MR) is 76.6 cm³/mol. The Bertz CT molecular complexity index is 449. The lowest BCUT2D eigenvalue weighted by Crippen LogP contribution is -2.31. The van der Waals surface area contributed by atoms with Crippen LogP contribution in [0.4, 0.5) is 13.2 Å². The second kappa shape index (κ2) is 8.17. The number of nitrogens with zero attached hydrogens (tertiary/aromatic N) is 1. The number of carbonyl (C=O) groups is 1. The molecule has 1 aromatic carbocycles. The van der Waals surface area contributed by atoms with E-state index < -0.39 is 12.6 Å². The van der Waals surface area contributed by atoms with E-state index in [0.717, 1.165) is 15.5 Å². The molecule has 0 saturated carbocycles. The Morgan fingerprint density at radius 3 is 2.43 bits per heavy atom. The summed E-state index contributed by atoms with van der Waals surface area (Å²) in [6, 6.07) is 7.23. The molecule has 0 fully saturated rings. The van der Waals surface area contributed by atoms with E-state index in [4.69, 9.17) is 4.74 Å². The molecule has 1 aromatic rings. The van der Waals surface area contributed by atoms with Crippen LogP contribution in [0.1, 0.15) is 13.3 Å². The third-order valence-corrected chi connectivity index (χ3v) is 3.65. The molecule has 7 heteroatoms. The lowest BCUT2D eigenvalue weighted by atomic mass is 10.3. The maximum atomic E-state index is 12.1. The predicted octanol–water partition coefficient (Wildman–Crippen LogP) is 3.59. The summed E-state index contributed by atoms with van der Waals surface area (Å²) in [5.74, 6) is 0.538. The van der Waals surface area contributed by atoms with Crippen LogP contribution in [-0.4, -0.2) is 42.9 Å². The normalized spacial score (nSPS) is 11.3. The Hall–Kier alpha value is -1.37. The van der Waals surface area contributed by atoms with E-state index >= 15 is 0 Å². The van der Waals surface area contributed by atoms with E-state index in [2.05, 4.69) is 0 Å². The number of benzene rings is 1. The molecule has 0 aromatic heterocycles. The highest BCUT2D eigenvalue weighted by Gasteiger charge is 2.27. The zero-order valence-corrected chi connectivity index (χ0v) is 12.8. The van der Waals surface area contributed by atoms with Crippen molar-refractivity contribution in [2.45, 2.75) is 24.4 Å². The van der Waals surface area contributed by atoms with Gasteiger partial charge in [0.05, 0.1) is 18.8 Å². The van der Waals surface area contributed by atoms with Crippen molar-refractivity contribution in [2.75, 3.05) is 26.0 Å². The lowest BCUT2D eigenvalue weighted by molar-refractivity contribution is -0.142. The first-order valence-electron chi connectivity index (χ1n) is 6.48. The van der Waals surface area contributed by atoms with Gasteiger partial charge in [-0.1, -0.05) is 0 Å². The van der Waals surface area contributed by atoms with E-state index in [1.165, 1.54) is 18.8 Å². The third kappa shape index (κ3) is 7.27. The fourth-order valence-electron chi connectivity index (χ4n) is 1.47. The molecule has 118 valence electrons. The number of ether oxygens (including phenoxy) is 1. The van der Waals surface area contributed by atoms with Gasteiger partial charge in [0, 0.05) is 18.5 Å². The number of amides is 1. The molecule has 0 aliphatic carbocycles. The fraction of sp³-hybridized carbons (Fsp3) is 0.500. The molecule has 0 spiro atoms. The molecule has 0 radical (unpaired) electrons. The minimum atomic E-state index is -4.24. The van der Waals surface area contributed by atoms with Crippen molar-refractivity contribution in [3.05, 3.63) is 24.3 Å². The minimum Gasteiger partial charge on any atom is -0.494 e. The molecular weight excluding hydrogens is 303 g/mol. The average molecular weight is 321 g/mol. The topological polar surface area (TPSA) is 29.5 Å². The zero-order chi connectivity index (χ0) is 15.9. The lowest BCUT2D eigenvalue weighted by Gasteiger charge is -2.17. The van der Waals surface area contributed by atoms with Gasteiger partial charge in [0.15, 0.2) is 0 Å². The van der Waals surface area contributed by atoms with Crippen LogP contribution in [0.2, 0.25) is 0 Å². The molecule has 0 heterocycles. The van der Waals surface area contributed by atoms with Crippen LogP contribution in [-0.2, 0) is 4.79 Å². The largest absolute Gasteiger partial charge is 0.494 e. The number of alkyl halides is 3. The van der Waals surface area contributed by atoms with Crippen LogP contribution in [0, 0.1) is 0 Å². The molecule has 0 aliphatic rings. The van der Waals surface area contributed by atoms with Gasteiger partial charge in [-0.15, -0.1) is 11.8 Å². The first kappa shape index (κ1) is 17.7. The Morgan fingerprint density at radius 2 is 1.90 bits per heavy atom. The summed E-state index contributed by atoms with van der Waals surface area (Å²) in [4.78, 5) is 13.7. The third-order valence-electron chi connectivity index (χ3n) is 2.65. The molecule has 21 heavy (non-hydrogen) atoms. The van der Waals surface area contributed by atoms with Crippen molar-refractivity contribution in [3.63, 3.8) is 0 Å². The molecular formula is C14H18F3NO2S. The standard InChI is InChI=1S/C14H18F3NO2S/c1-3-20-11-4-6-12(7-5-11)21-10-13(19)18(2)9-8-14(15,16)17/h4-7H,3,8-10H2,1-2H3. The van der Waals surface area contributed by atoms with Crippen LogP contribution in [0.5, 0.6) is 5.75 Å². The van der Waals surface area contributed by atoms with Crippen molar-refractivity contribution >= 4 is 17.7 Å². The number of thioether (sulfide) groups is 1. The molecule has 0 saturated heterocycles. The highest BCUT2D eigenvalue weighted by molar-refractivity contribution is 8.00. The number of hydrogen-bond acceptors (Lipinski definition) is 3. The van der Waals surface area contributed by atoms with Gasteiger partial charge in [-0.25, -0.2) is 0 Å². The molecule has 1 rings (SSSR count). The van der Waals surface area contributed by atoms with E-state index in [1.54, 1.807) is 12.1 Å². The summed E-state index contributed by atoms with van der Waals surface area (Å²) in [6.07, 6.45) is -5.22. The first-order chi connectivity index (χ1) is 9.81. The van der Waals surface area contributed by atoms with Gasteiger partial charge in [0.1, 0.15) is 5.75 Å². The van der Waals surface area contributed by atoms with Crippen molar-refractivity contribution in [1.82, 2.24) is 4.90 Å². The van der Waals surface area contributed by atoms with Crippen LogP contribution < -0.4 is 4.74 Å². The Labute approximate surface area is 126 Å². The number of carbonyl (C=O) groups excluding carboxylic acids is 1. The van der Waals surface area contributed by atoms with E-state index in [9.17, 15) is 18.0 Å².